The number of rotatable bonds is 5. The summed E-state index contributed by atoms with van der Waals surface area (Å²) in [6.07, 6.45) is 12.7. The lowest BCUT2D eigenvalue weighted by Crippen LogP contribution is -2.19. The highest BCUT2D eigenvalue weighted by Gasteiger charge is 2.21. The van der Waals surface area contributed by atoms with Crippen molar-refractivity contribution in [2.45, 2.75) is 44.6 Å². The van der Waals surface area contributed by atoms with Gasteiger partial charge in [0.15, 0.2) is 5.13 Å². The number of hydrogen-bond acceptors (Lipinski definition) is 5. The molecule has 1 aliphatic carbocycles. The van der Waals surface area contributed by atoms with E-state index in [1.54, 1.807) is 6.20 Å². The SMILES string of the molecule is Fc1ccc(-c2ccnc3[nH]c(C4=NCCc5ccc(-c6cncc(OC7CCCCC7)c6)cc54)cc23)s1. The number of aromatic nitrogens is 3. The van der Waals surface area contributed by atoms with Gasteiger partial charge in [-0.3, -0.25) is 9.98 Å². The standard InChI is InChI=1S/C31H27FN4OS/c32-29-9-8-28(38-29)24-11-13-35-31-26(24)16-27(36-31)30-25-15-20(7-6-19(25)10-12-34-30)21-14-23(18-33-17-21)37-22-4-2-1-3-5-22/h6-9,11,13-18,22H,1-5,10,12H2,(H,35,36). The van der Waals surface area contributed by atoms with Gasteiger partial charge in [-0.1, -0.05) is 18.6 Å². The van der Waals surface area contributed by atoms with Gasteiger partial charge in [0.2, 0.25) is 0 Å². The molecule has 0 spiro atoms. The van der Waals surface area contributed by atoms with Gasteiger partial charge in [-0.25, -0.2) is 4.98 Å². The summed E-state index contributed by atoms with van der Waals surface area (Å²) in [5.41, 5.74) is 8.10. The van der Waals surface area contributed by atoms with E-state index in [0.29, 0.717) is 0 Å². The van der Waals surface area contributed by atoms with Crippen LogP contribution in [0.3, 0.4) is 0 Å². The molecule has 7 heteroatoms. The first-order valence-corrected chi connectivity index (χ1v) is 14.1. The molecular formula is C31H27FN4OS. The maximum atomic E-state index is 13.8. The van der Waals surface area contributed by atoms with Crippen LogP contribution in [0.2, 0.25) is 0 Å². The van der Waals surface area contributed by atoms with Crippen LogP contribution in [0.1, 0.15) is 48.9 Å². The van der Waals surface area contributed by atoms with Crippen LogP contribution in [-0.4, -0.2) is 33.3 Å². The number of H-pyrrole nitrogens is 1. The van der Waals surface area contributed by atoms with Crippen molar-refractivity contribution in [1.82, 2.24) is 15.0 Å². The summed E-state index contributed by atoms with van der Waals surface area (Å²) in [4.78, 5) is 18.3. The van der Waals surface area contributed by atoms with Crippen molar-refractivity contribution in [3.63, 3.8) is 0 Å². The van der Waals surface area contributed by atoms with Gasteiger partial charge in [-0.05, 0) is 79.6 Å². The summed E-state index contributed by atoms with van der Waals surface area (Å²) in [6.45, 7) is 0.736. The quantitative estimate of drug-likeness (QED) is 0.259. The van der Waals surface area contributed by atoms with Gasteiger partial charge < -0.3 is 9.72 Å². The second-order valence-corrected chi connectivity index (χ2v) is 11.1. The first-order chi connectivity index (χ1) is 18.7. The number of aromatic amines is 1. The number of ether oxygens (including phenoxy) is 1. The van der Waals surface area contributed by atoms with Crippen LogP contribution >= 0.6 is 11.3 Å². The Balaban J connectivity index is 1.24. The Kier molecular flexibility index (Phi) is 6.01. The molecule has 1 N–H and O–H groups in total. The Morgan fingerprint density at radius 3 is 2.71 bits per heavy atom. The minimum absolute atomic E-state index is 0.193. The minimum atomic E-state index is -0.193. The number of nitrogens with one attached hydrogen (secondary N) is 1. The third kappa shape index (κ3) is 4.41. The molecule has 190 valence electrons. The van der Waals surface area contributed by atoms with Crippen LogP contribution in [0.25, 0.3) is 32.6 Å². The zero-order valence-electron chi connectivity index (χ0n) is 20.9. The fraction of sp³-hybridized carbons (Fsp3) is 0.258. The van der Waals surface area contributed by atoms with Gasteiger partial charge in [0.1, 0.15) is 11.4 Å². The molecule has 0 unspecified atom stereocenters. The zero-order valence-corrected chi connectivity index (χ0v) is 21.7. The van der Waals surface area contributed by atoms with Crippen LogP contribution in [0, 0.1) is 5.13 Å². The third-order valence-corrected chi connectivity index (χ3v) is 8.45. The second kappa shape index (κ2) is 9.80. The van der Waals surface area contributed by atoms with Crippen molar-refractivity contribution in [3.8, 4) is 27.3 Å². The summed E-state index contributed by atoms with van der Waals surface area (Å²) < 4.78 is 20.0. The molecule has 1 aromatic carbocycles. The summed E-state index contributed by atoms with van der Waals surface area (Å²) >= 11 is 1.15. The lowest BCUT2D eigenvalue weighted by molar-refractivity contribution is 0.154. The molecule has 0 saturated heterocycles. The van der Waals surface area contributed by atoms with Gasteiger partial charge in [0, 0.05) is 45.9 Å². The molecule has 0 atom stereocenters. The lowest BCUT2D eigenvalue weighted by Gasteiger charge is -2.23. The average molecular weight is 523 g/mol. The molecule has 0 radical (unpaired) electrons. The van der Waals surface area contributed by atoms with Crippen molar-refractivity contribution >= 4 is 28.1 Å². The van der Waals surface area contributed by atoms with Crippen molar-refractivity contribution < 1.29 is 9.13 Å². The summed E-state index contributed by atoms with van der Waals surface area (Å²) in [5.74, 6) is 0.834. The Morgan fingerprint density at radius 2 is 1.84 bits per heavy atom. The van der Waals surface area contributed by atoms with E-state index in [2.05, 4.69) is 45.3 Å². The second-order valence-electron chi connectivity index (χ2n) is 10.0. The monoisotopic (exact) mass is 522 g/mol. The number of benzene rings is 1. The first kappa shape index (κ1) is 23.3. The van der Waals surface area contributed by atoms with Crippen molar-refractivity contribution in [3.05, 3.63) is 89.1 Å². The molecule has 5 nitrogen and oxygen atoms in total. The van der Waals surface area contributed by atoms with Crippen molar-refractivity contribution in [2.24, 2.45) is 4.99 Å². The van der Waals surface area contributed by atoms with Crippen LogP contribution in [0.15, 0.2) is 72.1 Å². The number of pyridine rings is 2. The van der Waals surface area contributed by atoms with E-state index >= 15 is 0 Å². The number of halogens is 1. The molecule has 1 saturated carbocycles. The third-order valence-electron chi connectivity index (χ3n) is 7.54. The maximum absolute atomic E-state index is 13.8. The lowest BCUT2D eigenvalue weighted by atomic mass is 9.92. The fourth-order valence-corrected chi connectivity index (χ4v) is 6.41. The van der Waals surface area contributed by atoms with Crippen LogP contribution in [0.4, 0.5) is 4.39 Å². The number of fused-ring (bicyclic) bond motifs is 2. The summed E-state index contributed by atoms with van der Waals surface area (Å²) in [7, 11) is 0. The van der Waals surface area contributed by atoms with Crippen LogP contribution < -0.4 is 4.74 Å². The Labute approximate surface area is 224 Å². The molecule has 5 aromatic rings. The highest BCUT2D eigenvalue weighted by Crippen LogP contribution is 2.35. The molecule has 4 aromatic heterocycles. The van der Waals surface area contributed by atoms with E-state index in [0.717, 1.165) is 92.5 Å². The van der Waals surface area contributed by atoms with Gasteiger partial charge >= 0.3 is 0 Å². The van der Waals surface area contributed by atoms with E-state index in [9.17, 15) is 4.39 Å². The normalized spacial score (nSPS) is 15.9. The Morgan fingerprint density at radius 1 is 0.921 bits per heavy atom. The van der Waals surface area contributed by atoms with Crippen molar-refractivity contribution in [1.29, 1.82) is 0 Å². The average Bonchev–Trinajstić information content (AvgIpc) is 3.59. The summed E-state index contributed by atoms with van der Waals surface area (Å²) in [6, 6.07) is 16.0. The number of thiophene rings is 1. The highest BCUT2D eigenvalue weighted by molar-refractivity contribution is 7.14. The van der Waals surface area contributed by atoms with E-state index in [1.807, 2.05) is 24.5 Å². The molecule has 7 rings (SSSR count). The van der Waals surface area contributed by atoms with Gasteiger partial charge in [-0.15, -0.1) is 11.3 Å². The predicted molar refractivity (Wildman–Crippen MR) is 151 cm³/mol. The largest absolute Gasteiger partial charge is 0.489 e. The fourth-order valence-electron chi connectivity index (χ4n) is 5.64. The number of nitrogens with zero attached hydrogens (tertiary/aromatic N) is 3. The number of hydrogen-bond donors (Lipinski definition) is 1. The molecule has 5 heterocycles. The van der Waals surface area contributed by atoms with E-state index in [-0.39, 0.29) is 11.2 Å². The number of aliphatic imine (C=N–C) groups is 1. The maximum Gasteiger partial charge on any atom is 0.176 e. The molecule has 0 amide bonds. The minimum Gasteiger partial charge on any atom is -0.489 e. The van der Waals surface area contributed by atoms with Crippen molar-refractivity contribution in [2.75, 3.05) is 6.54 Å². The van der Waals surface area contributed by atoms with E-state index in [4.69, 9.17) is 9.73 Å². The van der Waals surface area contributed by atoms with Crippen LogP contribution in [-0.2, 0) is 6.42 Å². The highest BCUT2D eigenvalue weighted by atomic mass is 32.1. The molecule has 1 fully saturated rings. The first-order valence-electron chi connectivity index (χ1n) is 13.2. The van der Waals surface area contributed by atoms with E-state index in [1.165, 1.54) is 30.9 Å². The summed E-state index contributed by atoms with van der Waals surface area (Å²) in [5, 5.41) is 0.772. The molecular weight excluding hydrogens is 495 g/mol. The Bertz CT molecular complexity index is 1660. The van der Waals surface area contributed by atoms with E-state index < -0.39 is 0 Å². The van der Waals surface area contributed by atoms with Gasteiger partial charge in [0.25, 0.3) is 0 Å². The Hall–Kier alpha value is -3.84. The topological polar surface area (TPSA) is 63.2 Å². The van der Waals surface area contributed by atoms with Crippen LogP contribution in [0.5, 0.6) is 5.75 Å². The van der Waals surface area contributed by atoms with Gasteiger partial charge in [0.05, 0.1) is 23.7 Å². The predicted octanol–water partition coefficient (Wildman–Crippen LogP) is 7.60. The molecule has 2 aliphatic rings. The van der Waals surface area contributed by atoms with Gasteiger partial charge in [-0.2, -0.15) is 4.39 Å². The zero-order chi connectivity index (χ0) is 25.5. The molecule has 0 bridgehead atoms. The molecule has 38 heavy (non-hydrogen) atoms. The molecule has 1 aliphatic heterocycles. The smallest absolute Gasteiger partial charge is 0.176 e.